The Kier molecular flexibility index (Phi) is 6.49. The number of aliphatic hydroxyl groups excluding tert-OH is 1. The molecule has 0 fully saturated rings. The fourth-order valence-corrected chi connectivity index (χ4v) is 0.970. The van der Waals surface area contributed by atoms with Crippen molar-refractivity contribution in [3.05, 3.63) is 0 Å². The molecule has 0 aromatic rings. The summed E-state index contributed by atoms with van der Waals surface area (Å²) in [5.41, 5.74) is -0.110. The summed E-state index contributed by atoms with van der Waals surface area (Å²) in [6.07, 6.45) is 0.495. The summed E-state index contributed by atoms with van der Waals surface area (Å²) in [5.74, 6) is 0.0711. The SMILES string of the molecule is CCNC(=O)CCNCC(C)(C)CO. The fraction of sp³-hybridized carbons (Fsp3) is 0.900. The van der Waals surface area contributed by atoms with E-state index in [0.29, 0.717) is 19.5 Å². The van der Waals surface area contributed by atoms with Gasteiger partial charge in [-0.05, 0) is 6.92 Å². The fourth-order valence-electron chi connectivity index (χ4n) is 0.970. The van der Waals surface area contributed by atoms with Crippen molar-refractivity contribution in [2.45, 2.75) is 27.2 Å². The first-order valence-electron chi connectivity index (χ1n) is 5.10. The number of nitrogens with one attached hydrogen (secondary N) is 2. The second kappa shape index (κ2) is 6.79. The molecule has 4 heteroatoms. The van der Waals surface area contributed by atoms with Gasteiger partial charge in [0.05, 0.1) is 0 Å². The Morgan fingerprint density at radius 3 is 2.57 bits per heavy atom. The van der Waals surface area contributed by atoms with E-state index in [4.69, 9.17) is 5.11 Å². The van der Waals surface area contributed by atoms with Crippen LogP contribution in [0.15, 0.2) is 0 Å². The van der Waals surface area contributed by atoms with Gasteiger partial charge >= 0.3 is 0 Å². The van der Waals surface area contributed by atoms with Crippen molar-refractivity contribution in [3.63, 3.8) is 0 Å². The quantitative estimate of drug-likeness (QED) is 0.514. The molecule has 0 spiro atoms. The molecule has 0 aliphatic carbocycles. The smallest absolute Gasteiger partial charge is 0.221 e. The monoisotopic (exact) mass is 202 g/mol. The van der Waals surface area contributed by atoms with E-state index in [1.165, 1.54) is 0 Å². The van der Waals surface area contributed by atoms with Gasteiger partial charge in [-0.3, -0.25) is 4.79 Å². The highest BCUT2D eigenvalue weighted by atomic mass is 16.3. The van der Waals surface area contributed by atoms with Crippen molar-refractivity contribution in [2.24, 2.45) is 5.41 Å². The highest BCUT2D eigenvalue weighted by molar-refractivity contribution is 5.75. The largest absolute Gasteiger partial charge is 0.396 e. The number of aliphatic hydroxyl groups is 1. The van der Waals surface area contributed by atoms with Gasteiger partial charge in [-0.25, -0.2) is 0 Å². The normalized spacial score (nSPS) is 11.4. The van der Waals surface area contributed by atoms with Crippen LogP contribution in [0.2, 0.25) is 0 Å². The van der Waals surface area contributed by atoms with E-state index in [1.54, 1.807) is 0 Å². The van der Waals surface area contributed by atoms with Crippen LogP contribution >= 0.6 is 0 Å². The molecule has 0 aliphatic heterocycles. The highest BCUT2D eigenvalue weighted by Gasteiger charge is 2.15. The van der Waals surface area contributed by atoms with Crippen molar-refractivity contribution in [1.82, 2.24) is 10.6 Å². The second-order valence-electron chi connectivity index (χ2n) is 4.20. The lowest BCUT2D eigenvalue weighted by Crippen LogP contribution is -2.34. The first-order valence-corrected chi connectivity index (χ1v) is 5.10. The van der Waals surface area contributed by atoms with E-state index in [9.17, 15) is 4.79 Å². The first kappa shape index (κ1) is 13.4. The molecule has 4 nitrogen and oxygen atoms in total. The average Bonchev–Trinajstić information content (AvgIpc) is 2.13. The molecule has 0 aromatic carbocycles. The summed E-state index contributed by atoms with van der Waals surface area (Å²) in [6.45, 7) is 8.08. The van der Waals surface area contributed by atoms with Gasteiger partial charge < -0.3 is 15.7 Å². The molecule has 0 radical (unpaired) electrons. The summed E-state index contributed by atoms with van der Waals surface area (Å²) >= 11 is 0. The topological polar surface area (TPSA) is 61.4 Å². The number of rotatable bonds is 7. The van der Waals surface area contributed by atoms with Crippen LogP contribution in [0.4, 0.5) is 0 Å². The lowest BCUT2D eigenvalue weighted by Gasteiger charge is -2.21. The molecule has 0 unspecified atom stereocenters. The van der Waals surface area contributed by atoms with Crippen LogP contribution < -0.4 is 10.6 Å². The van der Waals surface area contributed by atoms with Crippen LogP contribution in [0.5, 0.6) is 0 Å². The van der Waals surface area contributed by atoms with Crippen molar-refractivity contribution in [1.29, 1.82) is 0 Å². The molecule has 0 aliphatic rings. The van der Waals surface area contributed by atoms with Gasteiger partial charge in [0.15, 0.2) is 0 Å². The molecule has 84 valence electrons. The van der Waals surface area contributed by atoms with Crippen molar-refractivity contribution in [3.8, 4) is 0 Å². The molecular formula is C10H22N2O2. The van der Waals surface area contributed by atoms with Crippen LogP contribution in [-0.4, -0.2) is 37.3 Å². The molecule has 0 rings (SSSR count). The Labute approximate surface area is 86.1 Å². The third kappa shape index (κ3) is 6.86. The van der Waals surface area contributed by atoms with Crippen LogP contribution in [0, 0.1) is 5.41 Å². The Morgan fingerprint density at radius 2 is 2.07 bits per heavy atom. The number of amides is 1. The summed E-state index contributed by atoms with van der Waals surface area (Å²) in [4.78, 5) is 11.0. The predicted molar refractivity (Wildman–Crippen MR) is 57.0 cm³/mol. The van der Waals surface area contributed by atoms with E-state index in [1.807, 2.05) is 20.8 Å². The zero-order chi connectivity index (χ0) is 11.0. The minimum atomic E-state index is -0.110. The van der Waals surface area contributed by atoms with Crippen LogP contribution in [0.3, 0.4) is 0 Å². The number of carbonyl (C=O) groups is 1. The molecule has 0 bridgehead atoms. The maximum absolute atomic E-state index is 11.0. The highest BCUT2D eigenvalue weighted by Crippen LogP contribution is 2.10. The second-order valence-corrected chi connectivity index (χ2v) is 4.20. The number of carbonyl (C=O) groups excluding carboxylic acids is 1. The van der Waals surface area contributed by atoms with E-state index in [-0.39, 0.29) is 17.9 Å². The summed E-state index contributed by atoms with van der Waals surface area (Å²) in [6, 6.07) is 0. The number of hydrogen-bond donors (Lipinski definition) is 3. The van der Waals surface area contributed by atoms with Gasteiger partial charge in [0.25, 0.3) is 0 Å². The third-order valence-corrected chi connectivity index (χ3v) is 1.93. The standard InChI is InChI=1S/C10H22N2O2/c1-4-12-9(14)5-6-11-7-10(2,3)8-13/h11,13H,4-8H2,1-3H3,(H,12,14). The third-order valence-electron chi connectivity index (χ3n) is 1.93. The van der Waals surface area contributed by atoms with Crippen molar-refractivity contribution >= 4 is 5.91 Å². The van der Waals surface area contributed by atoms with Gasteiger partial charge in [0.1, 0.15) is 0 Å². The van der Waals surface area contributed by atoms with E-state index >= 15 is 0 Å². The molecule has 0 saturated heterocycles. The maximum Gasteiger partial charge on any atom is 0.221 e. The summed E-state index contributed by atoms with van der Waals surface area (Å²) in [7, 11) is 0. The molecule has 14 heavy (non-hydrogen) atoms. The van der Waals surface area contributed by atoms with E-state index in [2.05, 4.69) is 10.6 Å². The van der Waals surface area contributed by atoms with Gasteiger partial charge in [0, 0.05) is 38.1 Å². The Morgan fingerprint density at radius 1 is 1.43 bits per heavy atom. The van der Waals surface area contributed by atoms with Crippen LogP contribution in [0.25, 0.3) is 0 Å². The minimum absolute atomic E-state index is 0.0711. The Bertz CT molecular complexity index is 170. The zero-order valence-corrected chi connectivity index (χ0v) is 9.39. The van der Waals surface area contributed by atoms with Gasteiger partial charge in [0.2, 0.25) is 5.91 Å². The van der Waals surface area contributed by atoms with Gasteiger partial charge in [-0.1, -0.05) is 13.8 Å². The van der Waals surface area contributed by atoms with Gasteiger partial charge in [-0.15, -0.1) is 0 Å². The maximum atomic E-state index is 11.0. The predicted octanol–water partition coefficient (Wildman–Crippen LogP) is 0.121. The van der Waals surface area contributed by atoms with Crippen molar-refractivity contribution in [2.75, 3.05) is 26.2 Å². The van der Waals surface area contributed by atoms with E-state index in [0.717, 1.165) is 6.54 Å². The molecule has 0 saturated carbocycles. The van der Waals surface area contributed by atoms with E-state index < -0.39 is 0 Å². The molecule has 0 aromatic heterocycles. The molecule has 1 amide bonds. The molecule has 3 N–H and O–H groups in total. The van der Waals surface area contributed by atoms with Gasteiger partial charge in [-0.2, -0.15) is 0 Å². The average molecular weight is 202 g/mol. The summed E-state index contributed by atoms with van der Waals surface area (Å²) in [5, 5.41) is 14.8. The Balaban J connectivity index is 3.42. The van der Waals surface area contributed by atoms with Crippen molar-refractivity contribution < 1.29 is 9.90 Å². The first-order chi connectivity index (χ1) is 6.52. The zero-order valence-electron chi connectivity index (χ0n) is 9.39. The molecule has 0 atom stereocenters. The molecule has 0 heterocycles. The Hall–Kier alpha value is -0.610. The van der Waals surface area contributed by atoms with Crippen LogP contribution in [0.1, 0.15) is 27.2 Å². The summed E-state index contributed by atoms with van der Waals surface area (Å²) < 4.78 is 0. The lowest BCUT2D eigenvalue weighted by molar-refractivity contribution is -0.120. The molecular weight excluding hydrogens is 180 g/mol. The lowest BCUT2D eigenvalue weighted by atomic mass is 9.95. The minimum Gasteiger partial charge on any atom is -0.396 e. The number of hydrogen-bond acceptors (Lipinski definition) is 3. The van der Waals surface area contributed by atoms with Crippen LogP contribution in [-0.2, 0) is 4.79 Å².